The van der Waals surface area contributed by atoms with Gasteiger partial charge in [-0.05, 0) is 49.4 Å². The van der Waals surface area contributed by atoms with Crippen molar-refractivity contribution in [1.29, 1.82) is 0 Å². The number of fused-ring (bicyclic) bond motifs is 1. The third kappa shape index (κ3) is 3.95. The fraction of sp³-hybridized carbons (Fsp3) is 0.0435. The summed E-state index contributed by atoms with van der Waals surface area (Å²) in [5.41, 5.74) is 2.05. The van der Waals surface area contributed by atoms with Crippen molar-refractivity contribution in [1.82, 2.24) is 14.8 Å². The summed E-state index contributed by atoms with van der Waals surface area (Å²) in [6.07, 6.45) is 1.37. The lowest BCUT2D eigenvalue weighted by atomic mass is 10.0. The number of para-hydroxylation sites is 1. The second-order valence-electron chi connectivity index (χ2n) is 6.76. The van der Waals surface area contributed by atoms with E-state index in [0.717, 1.165) is 5.39 Å². The Balaban J connectivity index is 1.87. The summed E-state index contributed by atoms with van der Waals surface area (Å²) in [5.74, 6) is -3.13. The van der Waals surface area contributed by atoms with Gasteiger partial charge in [-0.2, -0.15) is 5.10 Å². The SMILES string of the molecule is Cc1nn(-c2ccc(F)cc2)c(Cl)c1C=C(C(=O)C(=O)O)c1ccc2ccccc2n1. The summed E-state index contributed by atoms with van der Waals surface area (Å²) < 4.78 is 14.6. The lowest BCUT2D eigenvalue weighted by Crippen LogP contribution is -2.15. The van der Waals surface area contributed by atoms with Crippen LogP contribution in [-0.2, 0) is 9.59 Å². The molecule has 31 heavy (non-hydrogen) atoms. The Morgan fingerprint density at radius 2 is 1.77 bits per heavy atom. The zero-order valence-corrected chi connectivity index (χ0v) is 17.0. The third-order valence-corrected chi connectivity index (χ3v) is 5.08. The van der Waals surface area contributed by atoms with Crippen LogP contribution in [0.1, 0.15) is 17.0 Å². The molecule has 0 unspecified atom stereocenters. The second-order valence-corrected chi connectivity index (χ2v) is 7.12. The van der Waals surface area contributed by atoms with E-state index in [1.54, 1.807) is 31.2 Å². The fourth-order valence-corrected chi connectivity index (χ4v) is 3.49. The van der Waals surface area contributed by atoms with Gasteiger partial charge < -0.3 is 5.11 Å². The second kappa shape index (κ2) is 8.12. The molecule has 0 aliphatic heterocycles. The summed E-state index contributed by atoms with van der Waals surface area (Å²) >= 11 is 6.50. The molecule has 0 aliphatic rings. The van der Waals surface area contributed by atoms with E-state index >= 15 is 0 Å². The van der Waals surface area contributed by atoms with Gasteiger partial charge in [-0.3, -0.25) is 4.79 Å². The molecule has 0 atom stereocenters. The summed E-state index contributed by atoms with van der Waals surface area (Å²) in [6, 6.07) is 16.2. The molecule has 154 valence electrons. The minimum absolute atomic E-state index is 0.123. The normalized spacial score (nSPS) is 11.6. The maximum absolute atomic E-state index is 13.3. The number of nitrogens with zero attached hydrogens (tertiary/aromatic N) is 3. The average molecular weight is 436 g/mol. The highest BCUT2D eigenvalue weighted by Crippen LogP contribution is 2.29. The van der Waals surface area contributed by atoms with E-state index in [9.17, 15) is 19.1 Å². The molecule has 0 fully saturated rings. The van der Waals surface area contributed by atoms with Crippen LogP contribution >= 0.6 is 11.6 Å². The highest BCUT2D eigenvalue weighted by Gasteiger charge is 2.23. The number of carbonyl (C=O) groups is 2. The first-order valence-corrected chi connectivity index (χ1v) is 9.59. The molecule has 0 saturated carbocycles. The van der Waals surface area contributed by atoms with Gasteiger partial charge in [0, 0.05) is 10.9 Å². The maximum Gasteiger partial charge on any atom is 0.377 e. The molecule has 4 rings (SSSR count). The minimum Gasteiger partial charge on any atom is -0.475 e. The predicted molar refractivity (Wildman–Crippen MR) is 116 cm³/mol. The van der Waals surface area contributed by atoms with Crippen molar-refractivity contribution in [3.05, 3.63) is 88.6 Å². The molecule has 2 aromatic heterocycles. The first kappa shape index (κ1) is 20.4. The number of aryl methyl sites for hydroxylation is 1. The largest absolute Gasteiger partial charge is 0.475 e. The standard InChI is InChI=1S/C23H15ClFN3O3/c1-13-17(22(24)28(27-13)16-9-7-15(25)8-10-16)12-18(21(29)23(30)31)20-11-6-14-4-2-3-5-19(14)26-20/h2-12H,1H3,(H,30,31). The van der Waals surface area contributed by atoms with E-state index in [4.69, 9.17) is 11.6 Å². The molecule has 0 aliphatic carbocycles. The van der Waals surface area contributed by atoms with Crippen molar-refractivity contribution < 1.29 is 19.1 Å². The summed E-state index contributed by atoms with van der Waals surface area (Å²) in [4.78, 5) is 28.4. The number of aliphatic carboxylic acids is 1. The van der Waals surface area contributed by atoms with E-state index in [1.807, 2.05) is 12.1 Å². The first-order chi connectivity index (χ1) is 14.8. The van der Waals surface area contributed by atoms with E-state index in [2.05, 4.69) is 10.1 Å². The van der Waals surface area contributed by atoms with Gasteiger partial charge in [-0.15, -0.1) is 0 Å². The third-order valence-electron chi connectivity index (χ3n) is 4.72. The Bertz CT molecular complexity index is 1360. The molecule has 8 heteroatoms. The zero-order chi connectivity index (χ0) is 22.1. The van der Waals surface area contributed by atoms with Gasteiger partial charge in [0.1, 0.15) is 11.0 Å². The number of benzene rings is 2. The number of Topliss-reactive ketones (excluding diaryl/α,β-unsaturated/α-hetero) is 1. The van der Waals surface area contributed by atoms with E-state index < -0.39 is 17.6 Å². The molecular formula is C23H15ClFN3O3. The van der Waals surface area contributed by atoms with E-state index in [1.165, 1.54) is 35.0 Å². The Kier molecular flexibility index (Phi) is 5.35. The molecule has 0 spiro atoms. The minimum atomic E-state index is -1.61. The van der Waals surface area contributed by atoms with Gasteiger partial charge >= 0.3 is 5.97 Å². The van der Waals surface area contributed by atoms with Crippen molar-refractivity contribution in [3.8, 4) is 5.69 Å². The predicted octanol–water partition coefficient (Wildman–Crippen LogP) is 4.72. The zero-order valence-electron chi connectivity index (χ0n) is 16.2. The molecule has 0 radical (unpaired) electrons. The number of carboxylic acids is 1. The van der Waals surface area contributed by atoms with Crippen molar-refractivity contribution in [3.63, 3.8) is 0 Å². The number of rotatable bonds is 5. The number of halogens is 2. The number of ketones is 1. The number of carboxylic acid groups (broad SMARTS) is 1. The molecule has 1 N–H and O–H groups in total. The number of hydrogen-bond donors (Lipinski definition) is 1. The molecule has 2 aromatic carbocycles. The lowest BCUT2D eigenvalue weighted by molar-refractivity contribution is -0.146. The van der Waals surface area contributed by atoms with Crippen LogP contribution in [0.15, 0.2) is 60.7 Å². The number of hydrogen-bond acceptors (Lipinski definition) is 4. The van der Waals surface area contributed by atoms with Gasteiger partial charge in [0.05, 0.1) is 28.2 Å². The van der Waals surface area contributed by atoms with Crippen molar-refractivity contribution in [2.45, 2.75) is 6.92 Å². The highest BCUT2D eigenvalue weighted by atomic mass is 35.5. The number of carbonyl (C=O) groups excluding carboxylic acids is 1. The first-order valence-electron chi connectivity index (χ1n) is 9.21. The Hall–Kier alpha value is -3.84. The number of pyridine rings is 1. The summed E-state index contributed by atoms with van der Waals surface area (Å²) in [5, 5.41) is 14.7. The molecular weight excluding hydrogens is 421 g/mol. The Morgan fingerprint density at radius 1 is 1.06 bits per heavy atom. The van der Waals surface area contributed by atoms with Crippen molar-refractivity contribution >= 4 is 45.9 Å². The summed E-state index contributed by atoms with van der Waals surface area (Å²) in [7, 11) is 0. The van der Waals surface area contributed by atoms with Crippen LogP contribution in [-0.4, -0.2) is 31.6 Å². The van der Waals surface area contributed by atoms with Gasteiger partial charge in [-0.1, -0.05) is 35.9 Å². The smallest absolute Gasteiger partial charge is 0.377 e. The topological polar surface area (TPSA) is 85.1 Å². The lowest BCUT2D eigenvalue weighted by Gasteiger charge is -2.06. The van der Waals surface area contributed by atoms with E-state index in [0.29, 0.717) is 22.5 Å². The molecule has 2 heterocycles. The van der Waals surface area contributed by atoms with Crippen molar-refractivity contribution in [2.75, 3.05) is 0 Å². The molecule has 0 bridgehead atoms. The quantitative estimate of drug-likeness (QED) is 0.362. The van der Waals surface area contributed by atoms with Gasteiger partial charge in [0.2, 0.25) is 0 Å². The summed E-state index contributed by atoms with van der Waals surface area (Å²) in [6.45, 7) is 1.68. The van der Waals surface area contributed by atoms with Gasteiger partial charge in [0.25, 0.3) is 5.78 Å². The fourth-order valence-electron chi connectivity index (χ4n) is 3.16. The van der Waals surface area contributed by atoms with Crippen LogP contribution in [0.25, 0.3) is 28.2 Å². The highest BCUT2D eigenvalue weighted by molar-refractivity contribution is 6.53. The monoisotopic (exact) mass is 435 g/mol. The van der Waals surface area contributed by atoms with E-state index in [-0.39, 0.29) is 16.4 Å². The molecule has 4 aromatic rings. The van der Waals surface area contributed by atoms with Crippen LogP contribution in [0, 0.1) is 12.7 Å². The molecule has 0 amide bonds. The Morgan fingerprint density at radius 3 is 2.48 bits per heavy atom. The average Bonchev–Trinajstić information content (AvgIpc) is 3.05. The Labute approximate surface area is 181 Å². The van der Waals surface area contributed by atoms with Crippen LogP contribution < -0.4 is 0 Å². The van der Waals surface area contributed by atoms with Crippen LogP contribution in [0.2, 0.25) is 5.15 Å². The molecule has 6 nitrogen and oxygen atoms in total. The van der Waals surface area contributed by atoms with Crippen LogP contribution in [0.4, 0.5) is 4.39 Å². The maximum atomic E-state index is 13.3. The van der Waals surface area contributed by atoms with Gasteiger partial charge in [-0.25, -0.2) is 18.9 Å². The number of aromatic nitrogens is 3. The van der Waals surface area contributed by atoms with Crippen molar-refractivity contribution in [2.24, 2.45) is 0 Å². The van der Waals surface area contributed by atoms with Crippen LogP contribution in [0.5, 0.6) is 0 Å². The molecule has 0 saturated heterocycles. The van der Waals surface area contributed by atoms with Gasteiger partial charge in [0.15, 0.2) is 0 Å². The van der Waals surface area contributed by atoms with Crippen LogP contribution in [0.3, 0.4) is 0 Å².